The second kappa shape index (κ2) is 7.95. The summed E-state index contributed by atoms with van der Waals surface area (Å²) in [6.45, 7) is 7.21. The Morgan fingerprint density at radius 3 is 2.50 bits per heavy atom. The molecule has 0 aliphatic heterocycles. The first kappa shape index (κ1) is 19.3. The maximum absolute atomic E-state index is 11.4. The number of para-hydroxylation sites is 1. The smallest absolute Gasteiger partial charge is 0.744 e. The number of carbonyl (C=O) groups excluding carboxylic acids is 1. The van der Waals surface area contributed by atoms with Crippen molar-refractivity contribution in [3.63, 3.8) is 0 Å². The van der Waals surface area contributed by atoms with Crippen molar-refractivity contribution in [2.45, 2.75) is 25.2 Å². The van der Waals surface area contributed by atoms with Crippen molar-refractivity contribution in [2.24, 2.45) is 5.92 Å². The number of rotatable bonds is 5. The van der Waals surface area contributed by atoms with E-state index in [4.69, 9.17) is 0 Å². The van der Waals surface area contributed by atoms with E-state index in [9.17, 15) is 17.8 Å². The van der Waals surface area contributed by atoms with Gasteiger partial charge in [0.2, 0.25) is 5.91 Å². The number of amides is 1. The molecular weight excluding hydrogens is 289 g/mol. The summed E-state index contributed by atoms with van der Waals surface area (Å²) < 4.78 is 33.7. The average molecular weight is 305 g/mol. The van der Waals surface area contributed by atoms with Crippen LogP contribution < -0.4 is 34.9 Å². The van der Waals surface area contributed by atoms with Crippen LogP contribution in [0.25, 0.3) is 0 Å². The minimum absolute atomic E-state index is 0. The van der Waals surface area contributed by atoms with E-state index in [2.05, 4.69) is 11.9 Å². The third-order valence-corrected chi connectivity index (χ3v) is 3.32. The first-order chi connectivity index (χ1) is 8.75. The molecule has 0 atom stereocenters. The van der Waals surface area contributed by atoms with Gasteiger partial charge in [0.15, 0.2) is 0 Å². The van der Waals surface area contributed by atoms with E-state index in [1.807, 2.05) is 13.8 Å². The third-order valence-electron chi connectivity index (χ3n) is 2.44. The van der Waals surface area contributed by atoms with Gasteiger partial charge in [-0.05, 0) is 30.0 Å². The second-order valence-electron chi connectivity index (χ2n) is 4.54. The van der Waals surface area contributed by atoms with Gasteiger partial charge in [-0.25, -0.2) is 8.42 Å². The molecule has 1 amide bonds. The first-order valence-electron chi connectivity index (χ1n) is 5.77. The standard InChI is InChI=1S/C13H17NO4S.Na/c1-4-12(15)14-13-10(8-9(2)3)6-5-7-11(13)19(16,17)18;/h4-7,9H,1,8H2,2-3H3,(H,14,15)(H,16,17,18);/q;+1/p-1. The van der Waals surface area contributed by atoms with E-state index in [0.717, 1.165) is 6.08 Å². The zero-order chi connectivity index (χ0) is 14.6. The van der Waals surface area contributed by atoms with Gasteiger partial charge in [0.1, 0.15) is 10.1 Å². The molecule has 0 saturated carbocycles. The van der Waals surface area contributed by atoms with Crippen LogP contribution in [0.3, 0.4) is 0 Å². The van der Waals surface area contributed by atoms with E-state index in [1.54, 1.807) is 6.07 Å². The Bertz CT molecular complexity index is 596. The van der Waals surface area contributed by atoms with Crippen LogP contribution in [0.4, 0.5) is 5.69 Å². The van der Waals surface area contributed by atoms with Crippen LogP contribution in [0, 0.1) is 5.92 Å². The number of hydrogen-bond donors (Lipinski definition) is 1. The maximum atomic E-state index is 11.4. The normalized spacial score (nSPS) is 10.8. The molecule has 0 aliphatic carbocycles. The molecule has 0 saturated heterocycles. The molecule has 0 fully saturated rings. The minimum Gasteiger partial charge on any atom is -0.744 e. The van der Waals surface area contributed by atoms with Gasteiger partial charge in [0.25, 0.3) is 0 Å². The molecule has 104 valence electrons. The summed E-state index contributed by atoms with van der Waals surface area (Å²) in [6.07, 6.45) is 1.57. The van der Waals surface area contributed by atoms with Crippen molar-refractivity contribution in [1.29, 1.82) is 0 Å². The van der Waals surface area contributed by atoms with Crippen LogP contribution >= 0.6 is 0 Å². The second-order valence-corrected chi connectivity index (χ2v) is 5.88. The quantitative estimate of drug-likeness (QED) is 0.426. The molecule has 1 rings (SSSR count). The fourth-order valence-electron chi connectivity index (χ4n) is 1.71. The van der Waals surface area contributed by atoms with Gasteiger partial charge in [-0.2, -0.15) is 0 Å². The van der Waals surface area contributed by atoms with Gasteiger partial charge >= 0.3 is 29.6 Å². The van der Waals surface area contributed by atoms with E-state index in [-0.39, 0.29) is 41.2 Å². The molecule has 5 nitrogen and oxygen atoms in total. The monoisotopic (exact) mass is 305 g/mol. The van der Waals surface area contributed by atoms with E-state index < -0.39 is 20.9 Å². The number of carbonyl (C=O) groups is 1. The van der Waals surface area contributed by atoms with Crippen LogP contribution in [0.2, 0.25) is 0 Å². The van der Waals surface area contributed by atoms with Crippen molar-refractivity contribution in [2.75, 3.05) is 5.32 Å². The fraction of sp³-hybridized carbons (Fsp3) is 0.308. The Hall–Kier alpha value is -0.660. The summed E-state index contributed by atoms with van der Waals surface area (Å²) in [4.78, 5) is 11.0. The predicted octanol–water partition coefficient (Wildman–Crippen LogP) is -1.08. The van der Waals surface area contributed by atoms with E-state index in [1.165, 1.54) is 12.1 Å². The molecule has 7 heteroatoms. The van der Waals surface area contributed by atoms with Crippen molar-refractivity contribution >= 4 is 21.7 Å². The summed E-state index contributed by atoms with van der Waals surface area (Å²) in [7, 11) is -4.64. The summed E-state index contributed by atoms with van der Waals surface area (Å²) in [6, 6.07) is 4.37. The number of anilines is 1. The van der Waals surface area contributed by atoms with Crippen molar-refractivity contribution in [3.05, 3.63) is 36.4 Å². The van der Waals surface area contributed by atoms with Crippen molar-refractivity contribution in [3.8, 4) is 0 Å². The molecule has 1 aromatic carbocycles. The molecule has 0 aliphatic rings. The Morgan fingerprint density at radius 1 is 1.45 bits per heavy atom. The Morgan fingerprint density at radius 2 is 2.05 bits per heavy atom. The van der Waals surface area contributed by atoms with Gasteiger partial charge in [-0.15, -0.1) is 0 Å². The van der Waals surface area contributed by atoms with Crippen molar-refractivity contribution < 1.29 is 47.3 Å². The molecule has 1 aromatic rings. The molecular formula is C13H16NNaO4S. The Balaban J connectivity index is 0.00000361. The van der Waals surface area contributed by atoms with E-state index >= 15 is 0 Å². The molecule has 0 aromatic heterocycles. The molecule has 0 spiro atoms. The van der Waals surface area contributed by atoms with Gasteiger partial charge in [0.05, 0.1) is 10.6 Å². The van der Waals surface area contributed by atoms with Crippen LogP contribution in [-0.2, 0) is 21.3 Å². The summed E-state index contributed by atoms with van der Waals surface area (Å²) >= 11 is 0. The van der Waals surface area contributed by atoms with Gasteiger partial charge in [-0.1, -0.05) is 32.6 Å². The summed E-state index contributed by atoms with van der Waals surface area (Å²) in [5.74, 6) is -0.301. The summed E-state index contributed by atoms with van der Waals surface area (Å²) in [5.41, 5.74) is 0.665. The SMILES string of the molecule is C=CC(=O)Nc1c(CC(C)C)cccc1S(=O)(=O)[O-].[Na+]. The van der Waals surface area contributed by atoms with Crippen LogP contribution in [0.1, 0.15) is 19.4 Å². The first-order valence-corrected chi connectivity index (χ1v) is 7.17. The molecule has 0 bridgehead atoms. The van der Waals surface area contributed by atoms with Crippen LogP contribution in [0.5, 0.6) is 0 Å². The number of benzene rings is 1. The maximum Gasteiger partial charge on any atom is 1.00 e. The van der Waals surface area contributed by atoms with Crippen molar-refractivity contribution in [1.82, 2.24) is 0 Å². The molecule has 1 N–H and O–H groups in total. The number of nitrogens with one attached hydrogen (secondary N) is 1. The predicted molar refractivity (Wildman–Crippen MR) is 71.8 cm³/mol. The van der Waals surface area contributed by atoms with Gasteiger partial charge < -0.3 is 9.87 Å². The Labute approximate surface area is 141 Å². The molecule has 0 unspecified atom stereocenters. The van der Waals surface area contributed by atoms with Crippen LogP contribution in [0.15, 0.2) is 35.7 Å². The van der Waals surface area contributed by atoms with E-state index in [0.29, 0.717) is 12.0 Å². The summed E-state index contributed by atoms with van der Waals surface area (Å²) in [5, 5.41) is 2.40. The van der Waals surface area contributed by atoms with Gasteiger partial charge in [-0.3, -0.25) is 4.79 Å². The van der Waals surface area contributed by atoms with Crippen LogP contribution in [-0.4, -0.2) is 18.9 Å². The average Bonchev–Trinajstić information content (AvgIpc) is 2.28. The Kier molecular flexibility index (Phi) is 7.69. The fourth-order valence-corrected chi connectivity index (χ4v) is 2.39. The third kappa shape index (κ3) is 5.38. The molecule has 0 heterocycles. The zero-order valence-corrected chi connectivity index (χ0v) is 14.7. The molecule has 0 radical (unpaired) electrons. The zero-order valence-electron chi connectivity index (χ0n) is 11.8. The topological polar surface area (TPSA) is 86.3 Å². The minimum atomic E-state index is -4.64. The molecule has 20 heavy (non-hydrogen) atoms. The number of hydrogen-bond acceptors (Lipinski definition) is 4. The largest absolute Gasteiger partial charge is 1.00 e. The van der Waals surface area contributed by atoms with Gasteiger partial charge in [0, 0.05) is 0 Å².